The summed E-state index contributed by atoms with van der Waals surface area (Å²) in [5.41, 5.74) is 0.192. The quantitative estimate of drug-likeness (QED) is 0.738. The summed E-state index contributed by atoms with van der Waals surface area (Å²) in [5, 5.41) is 0. The van der Waals surface area contributed by atoms with E-state index < -0.39 is 17.2 Å². The zero-order valence-corrected chi connectivity index (χ0v) is 16.3. The molecule has 1 amide bonds. The zero-order chi connectivity index (χ0) is 19.6. The van der Waals surface area contributed by atoms with E-state index in [9.17, 15) is 13.6 Å². The van der Waals surface area contributed by atoms with E-state index in [1.165, 1.54) is 6.07 Å². The van der Waals surface area contributed by atoms with Crippen LogP contribution < -0.4 is 0 Å². The normalized spacial score (nSPS) is 23.4. The average Bonchev–Trinajstić information content (AvgIpc) is 3.36. The van der Waals surface area contributed by atoms with Crippen LogP contribution in [0.1, 0.15) is 45.6 Å². The van der Waals surface area contributed by atoms with Crippen molar-refractivity contribution < 1.29 is 23.0 Å². The molecule has 2 unspecified atom stereocenters. The molecule has 0 spiro atoms. The van der Waals surface area contributed by atoms with Crippen molar-refractivity contribution >= 4 is 6.09 Å². The maximum Gasteiger partial charge on any atom is 0.410 e. The molecule has 0 N–H and O–H groups in total. The monoisotopic (exact) mass is 381 g/mol. The third-order valence-corrected chi connectivity index (χ3v) is 5.36. The molecule has 1 saturated heterocycles. The van der Waals surface area contributed by atoms with Gasteiger partial charge in [0.2, 0.25) is 0 Å². The molecule has 0 aromatic heterocycles. The molecular formula is C21H29F2NO3. The lowest BCUT2D eigenvalue weighted by molar-refractivity contribution is 0.0170. The summed E-state index contributed by atoms with van der Waals surface area (Å²) >= 11 is 0. The standard InChI is InChI=1S/C21H29F2NO3/c1-21(2,3)27-20(25)24-8-6-15(7-9-24)17-11-16(17)13-26-12-14-4-5-18(22)19(23)10-14/h4-5,10,15-17H,6-9,11-13H2,1-3H3. The van der Waals surface area contributed by atoms with E-state index in [0.29, 0.717) is 36.5 Å². The summed E-state index contributed by atoms with van der Waals surface area (Å²) in [7, 11) is 0. The molecule has 2 aliphatic rings. The van der Waals surface area contributed by atoms with E-state index in [-0.39, 0.29) is 6.09 Å². The van der Waals surface area contributed by atoms with Crippen LogP contribution in [0.2, 0.25) is 0 Å². The Kier molecular flexibility index (Phi) is 6.04. The molecular weight excluding hydrogens is 352 g/mol. The Balaban J connectivity index is 1.35. The van der Waals surface area contributed by atoms with Gasteiger partial charge < -0.3 is 14.4 Å². The van der Waals surface area contributed by atoms with Crippen LogP contribution in [0.4, 0.5) is 13.6 Å². The molecule has 150 valence electrons. The Labute approximate surface area is 159 Å². The largest absolute Gasteiger partial charge is 0.444 e. The highest BCUT2D eigenvalue weighted by Gasteiger charge is 2.44. The van der Waals surface area contributed by atoms with Crippen LogP contribution in [0.3, 0.4) is 0 Å². The van der Waals surface area contributed by atoms with E-state index in [4.69, 9.17) is 9.47 Å². The molecule has 1 saturated carbocycles. The van der Waals surface area contributed by atoms with E-state index in [2.05, 4.69) is 0 Å². The highest BCUT2D eigenvalue weighted by molar-refractivity contribution is 5.68. The minimum atomic E-state index is -0.836. The summed E-state index contributed by atoms with van der Waals surface area (Å²) in [6.45, 7) is 8.09. The van der Waals surface area contributed by atoms with Crippen molar-refractivity contribution in [1.82, 2.24) is 4.90 Å². The molecule has 27 heavy (non-hydrogen) atoms. The van der Waals surface area contributed by atoms with Crippen molar-refractivity contribution in [2.45, 2.75) is 52.2 Å². The number of halogens is 2. The van der Waals surface area contributed by atoms with Crippen LogP contribution in [0, 0.1) is 29.4 Å². The predicted octanol–water partition coefficient (Wildman–Crippen LogP) is 4.76. The topological polar surface area (TPSA) is 38.8 Å². The number of ether oxygens (including phenoxy) is 2. The van der Waals surface area contributed by atoms with Crippen molar-refractivity contribution in [3.05, 3.63) is 35.4 Å². The number of carbonyl (C=O) groups is 1. The second-order valence-corrected chi connectivity index (χ2v) is 8.73. The van der Waals surface area contributed by atoms with Gasteiger partial charge in [0.15, 0.2) is 11.6 Å². The molecule has 1 aromatic rings. The Morgan fingerprint density at radius 2 is 1.89 bits per heavy atom. The fraction of sp³-hybridized carbons (Fsp3) is 0.667. The number of hydrogen-bond donors (Lipinski definition) is 0. The minimum absolute atomic E-state index is 0.219. The van der Waals surface area contributed by atoms with Crippen LogP contribution in [0.25, 0.3) is 0 Å². The molecule has 1 aliphatic carbocycles. The SMILES string of the molecule is CC(C)(C)OC(=O)N1CCC(C2CC2COCc2ccc(F)c(F)c2)CC1. The Hall–Kier alpha value is -1.69. The van der Waals surface area contributed by atoms with Gasteiger partial charge in [-0.05, 0) is 75.5 Å². The molecule has 0 bridgehead atoms. The molecule has 2 atom stereocenters. The van der Waals surface area contributed by atoms with E-state index in [0.717, 1.165) is 38.4 Å². The number of hydrogen-bond acceptors (Lipinski definition) is 3. The smallest absolute Gasteiger partial charge is 0.410 e. The Bertz CT molecular complexity index is 666. The van der Waals surface area contributed by atoms with Crippen molar-refractivity contribution in [2.24, 2.45) is 17.8 Å². The van der Waals surface area contributed by atoms with Gasteiger partial charge in [0, 0.05) is 13.1 Å². The van der Waals surface area contributed by atoms with Crippen molar-refractivity contribution in [2.75, 3.05) is 19.7 Å². The average molecular weight is 381 g/mol. The van der Waals surface area contributed by atoms with Gasteiger partial charge in [0.25, 0.3) is 0 Å². The first kappa shape index (κ1) is 20.1. The summed E-state index contributed by atoms with van der Waals surface area (Å²) in [6.07, 6.45) is 2.94. The van der Waals surface area contributed by atoms with Gasteiger partial charge in [-0.15, -0.1) is 0 Å². The molecule has 2 fully saturated rings. The van der Waals surface area contributed by atoms with E-state index in [1.54, 1.807) is 11.0 Å². The summed E-state index contributed by atoms with van der Waals surface area (Å²) < 4.78 is 37.3. The van der Waals surface area contributed by atoms with Crippen molar-refractivity contribution in [3.8, 4) is 0 Å². The molecule has 6 heteroatoms. The molecule has 4 nitrogen and oxygen atoms in total. The van der Waals surface area contributed by atoms with Crippen LogP contribution in [0.5, 0.6) is 0 Å². The molecule has 1 heterocycles. The number of carbonyl (C=O) groups excluding carboxylic acids is 1. The first-order chi connectivity index (χ1) is 12.7. The maximum atomic E-state index is 13.2. The number of piperidine rings is 1. The fourth-order valence-corrected chi connectivity index (χ4v) is 3.83. The highest BCUT2D eigenvalue weighted by atomic mass is 19.2. The summed E-state index contributed by atoms with van der Waals surface area (Å²) in [4.78, 5) is 13.9. The third-order valence-electron chi connectivity index (χ3n) is 5.36. The second-order valence-electron chi connectivity index (χ2n) is 8.73. The zero-order valence-electron chi connectivity index (χ0n) is 16.3. The van der Waals surface area contributed by atoms with Crippen LogP contribution >= 0.6 is 0 Å². The van der Waals surface area contributed by atoms with Crippen LogP contribution in [-0.2, 0) is 16.1 Å². The lowest BCUT2D eigenvalue weighted by atomic mass is 9.91. The van der Waals surface area contributed by atoms with Gasteiger partial charge in [0.1, 0.15) is 5.60 Å². The second kappa shape index (κ2) is 8.13. The Morgan fingerprint density at radius 3 is 2.52 bits per heavy atom. The van der Waals surface area contributed by atoms with Crippen molar-refractivity contribution in [3.63, 3.8) is 0 Å². The molecule has 3 rings (SSSR count). The third kappa shape index (κ3) is 5.64. The number of nitrogens with zero attached hydrogens (tertiary/aromatic N) is 1. The Morgan fingerprint density at radius 1 is 1.19 bits per heavy atom. The van der Waals surface area contributed by atoms with Gasteiger partial charge in [0.05, 0.1) is 13.2 Å². The molecule has 0 radical (unpaired) electrons. The van der Waals surface area contributed by atoms with Gasteiger partial charge in [-0.2, -0.15) is 0 Å². The fourth-order valence-electron chi connectivity index (χ4n) is 3.83. The summed E-state index contributed by atoms with van der Waals surface area (Å²) in [5.74, 6) is 0.139. The maximum absolute atomic E-state index is 13.2. The van der Waals surface area contributed by atoms with Crippen molar-refractivity contribution in [1.29, 1.82) is 0 Å². The van der Waals surface area contributed by atoms with Gasteiger partial charge in [-0.1, -0.05) is 6.07 Å². The van der Waals surface area contributed by atoms with Gasteiger partial charge in [-0.3, -0.25) is 0 Å². The number of rotatable bonds is 5. The number of likely N-dealkylation sites (tertiary alicyclic amines) is 1. The first-order valence-electron chi connectivity index (χ1n) is 9.72. The van der Waals surface area contributed by atoms with E-state index >= 15 is 0 Å². The van der Waals surface area contributed by atoms with Crippen LogP contribution in [0.15, 0.2) is 18.2 Å². The predicted molar refractivity (Wildman–Crippen MR) is 98.1 cm³/mol. The highest BCUT2D eigenvalue weighted by Crippen LogP contribution is 2.48. The lowest BCUT2D eigenvalue weighted by Crippen LogP contribution is -2.42. The minimum Gasteiger partial charge on any atom is -0.444 e. The number of benzene rings is 1. The van der Waals surface area contributed by atoms with E-state index in [1.807, 2.05) is 20.8 Å². The van der Waals surface area contributed by atoms with Crippen LogP contribution in [-0.4, -0.2) is 36.3 Å². The lowest BCUT2D eigenvalue weighted by Gasteiger charge is -2.33. The number of amides is 1. The van der Waals surface area contributed by atoms with Gasteiger partial charge >= 0.3 is 6.09 Å². The molecule has 1 aromatic carbocycles. The first-order valence-corrected chi connectivity index (χ1v) is 9.72. The molecule has 1 aliphatic heterocycles. The van der Waals surface area contributed by atoms with Gasteiger partial charge in [-0.25, -0.2) is 13.6 Å². The summed E-state index contributed by atoms with van der Waals surface area (Å²) in [6, 6.07) is 3.87.